The van der Waals surface area contributed by atoms with Gasteiger partial charge in [-0.2, -0.15) is 0 Å². The first kappa shape index (κ1) is 23.6. The Hall–Kier alpha value is -2.58. The predicted molar refractivity (Wildman–Crippen MR) is 134 cm³/mol. The van der Waals surface area contributed by atoms with Crippen LogP contribution in [0, 0.1) is 0 Å². The third-order valence-electron chi connectivity index (χ3n) is 4.69. The number of carbonyl (C=O) groups excluding carboxylic acids is 3. The van der Waals surface area contributed by atoms with Gasteiger partial charge < -0.3 is 4.74 Å². The summed E-state index contributed by atoms with van der Waals surface area (Å²) in [4.78, 5) is 38.8. The maximum Gasteiger partial charge on any atom is 0.343 e. The lowest BCUT2D eigenvalue weighted by molar-refractivity contribution is -0.123. The van der Waals surface area contributed by atoms with Crippen molar-refractivity contribution in [3.63, 3.8) is 0 Å². The smallest absolute Gasteiger partial charge is 0.343 e. The second-order valence-electron chi connectivity index (χ2n) is 6.97. The molecule has 4 rings (SSSR count). The summed E-state index contributed by atoms with van der Waals surface area (Å²) in [7, 11) is 0. The van der Waals surface area contributed by atoms with Crippen molar-refractivity contribution < 1.29 is 19.1 Å². The van der Waals surface area contributed by atoms with Crippen molar-refractivity contribution in [3.8, 4) is 5.75 Å². The van der Waals surface area contributed by atoms with E-state index in [0.29, 0.717) is 37.4 Å². The number of nitrogens with zero attached hydrogens (tertiary/aromatic N) is 1. The van der Waals surface area contributed by atoms with Gasteiger partial charge in [-0.05, 0) is 77.5 Å². The molecule has 0 unspecified atom stereocenters. The quantitative estimate of drug-likeness (QED) is 0.187. The fourth-order valence-corrected chi connectivity index (χ4v) is 4.56. The number of thioether (sulfide) groups is 1. The number of hydrogen-bond donors (Lipinski definition) is 0. The summed E-state index contributed by atoms with van der Waals surface area (Å²) >= 11 is 16.3. The lowest BCUT2D eigenvalue weighted by atomic mass is 10.2. The maximum atomic E-state index is 12.8. The monoisotopic (exact) mass is 561 g/mol. The molecule has 0 bridgehead atoms. The minimum atomic E-state index is -0.475. The molecule has 1 saturated heterocycles. The lowest BCUT2D eigenvalue weighted by Gasteiger charge is -2.13. The average molecular weight is 563 g/mol. The van der Waals surface area contributed by atoms with E-state index in [1.54, 1.807) is 72.8 Å². The number of carbonyl (C=O) groups is 3. The summed E-state index contributed by atoms with van der Waals surface area (Å²) in [6.07, 6.45) is 1.62. The van der Waals surface area contributed by atoms with Crippen molar-refractivity contribution in [1.82, 2.24) is 4.90 Å². The van der Waals surface area contributed by atoms with Crippen LogP contribution in [0.5, 0.6) is 5.75 Å². The van der Waals surface area contributed by atoms with Gasteiger partial charge in [0.15, 0.2) is 0 Å². The summed E-state index contributed by atoms with van der Waals surface area (Å²) in [5, 5.41) is 0.486. The topological polar surface area (TPSA) is 63.7 Å². The zero-order valence-corrected chi connectivity index (χ0v) is 20.7. The Bertz CT molecular complexity index is 1280. The van der Waals surface area contributed by atoms with Gasteiger partial charge in [0.2, 0.25) is 0 Å². The number of esters is 1. The van der Waals surface area contributed by atoms with Gasteiger partial charge in [-0.15, -0.1) is 0 Å². The van der Waals surface area contributed by atoms with Crippen LogP contribution in [-0.4, -0.2) is 22.0 Å². The Kier molecular flexibility index (Phi) is 7.24. The Morgan fingerprint density at radius 1 is 1.00 bits per heavy atom. The van der Waals surface area contributed by atoms with Crippen molar-refractivity contribution in [2.45, 2.75) is 6.54 Å². The molecule has 0 spiro atoms. The standard InChI is InChI=1S/C24H14BrCl2NO4S/c25-17-6-3-15(4-7-17)23(30)32-19-9-1-14(2-10-19)11-21-22(29)28(24(31)33-21)13-16-5-8-18(26)12-20(16)27/h1-12H,13H2/b21-11-. The third-order valence-corrected chi connectivity index (χ3v) is 6.71. The Morgan fingerprint density at radius 3 is 2.36 bits per heavy atom. The molecule has 5 nitrogen and oxygen atoms in total. The molecular weight excluding hydrogens is 549 g/mol. The van der Waals surface area contributed by atoms with Crippen LogP contribution >= 0.6 is 50.9 Å². The minimum absolute atomic E-state index is 0.0585. The fraction of sp³-hybridized carbons (Fsp3) is 0.0417. The molecule has 0 radical (unpaired) electrons. The lowest BCUT2D eigenvalue weighted by Crippen LogP contribution is -2.27. The van der Waals surface area contributed by atoms with Gasteiger partial charge in [0, 0.05) is 14.5 Å². The number of hydrogen-bond acceptors (Lipinski definition) is 5. The van der Waals surface area contributed by atoms with Crippen LogP contribution in [-0.2, 0) is 11.3 Å². The minimum Gasteiger partial charge on any atom is -0.423 e. The highest BCUT2D eigenvalue weighted by Crippen LogP contribution is 2.34. The maximum absolute atomic E-state index is 12.8. The number of ether oxygens (including phenoxy) is 1. The van der Waals surface area contributed by atoms with Crippen LogP contribution in [0.2, 0.25) is 10.0 Å². The SMILES string of the molecule is O=C(Oc1ccc(/C=C2\SC(=O)N(Cc3ccc(Cl)cc3Cl)C2=O)cc1)c1ccc(Br)cc1. The summed E-state index contributed by atoms with van der Waals surface area (Å²) in [5.74, 6) is -0.510. The highest BCUT2D eigenvalue weighted by molar-refractivity contribution is 9.10. The first-order valence-corrected chi connectivity index (χ1v) is 11.9. The molecule has 0 aliphatic carbocycles. The summed E-state index contributed by atoms with van der Waals surface area (Å²) < 4.78 is 6.24. The van der Waals surface area contributed by atoms with Gasteiger partial charge in [0.1, 0.15) is 5.75 Å². The molecule has 33 heavy (non-hydrogen) atoms. The third kappa shape index (κ3) is 5.68. The molecule has 0 atom stereocenters. The number of halogens is 3. The van der Waals surface area contributed by atoms with Crippen LogP contribution in [0.4, 0.5) is 4.79 Å². The van der Waals surface area contributed by atoms with Crippen LogP contribution in [0.1, 0.15) is 21.5 Å². The molecule has 3 aromatic carbocycles. The fourth-order valence-electron chi connectivity index (χ4n) is 2.99. The van der Waals surface area contributed by atoms with E-state index >= 15 is 0 Å². The van der Waals surface area contributed by atoms with E-state index in [4.69, 9.17) is 27.9 Å². The van der Waals surface area contributed by atoms with E-state index < -0.39 is 11.9 Å². The molecule has 3 aromatic rings. The molecule has 9 heteroatoms. The predicted octanol–water partition coefficient (Wildman–Crippen LogP) is 7.21. The second-order valence-corrected chi connectivity index (χ2v) is 9.72. The van der Waals surface area contributed by atoms with E-state index in [-0.39, 0.29) is 11.8 Å². The van der Waals surface area contributed by atoms with Crippen molar-refractivity contribution in [2.24, 2.45) is 0 Å². The summed E-state index contributed by atoms with van der Waals surface area (Å²) in [6.45, 7) is 0.0585. The number of rotatable bonds is 5. The Labute approximate surface area is 212 Å². The first-order chi connectivity index (χ1) is 15.8. The normalized spacial score (nSPS) is 14.8. The molecule has 0 N–H and O–H groups in total. The summed E-state index contributed by atoms with van der Waals surface area (Å²) in [6, 6.07) is 18.4. The molecule has 0 saturated carbocycles. The summed E-state index contributed by atoms with van der Waals surface area (Å²) in [5.41, 5.74) is 1.74. The second kappa shape index (κ2) is 10.1. The molecule has 1 heterocycles. The Morgan fingerprint density at radius 2 is 1.70 bits per heavy atom. The van der Waals surface area contributed by atoms with E-state index in [2.05, 4.69) is 15.9 Å². The largest absolute Gasteiger partial charge is 0.423 e. The zero-order valence-electron chi connectivity index (χ0n) is 16.8. The van der Waals surface area contributed by atoms with Gasteiger partial charge in [-0.1, -0.05) is 57.3 Å². The molecule has 166 valence electrons. The zero-order chi connectivity index (χ0) is 23.5. The highest BCUT2D eigenvalue weighted by atomic mass is 79.9. The van der Waals surface area contributed by atoms with Gasteiger partial charge in [0.05, 0.1) is 17.0 Å². The van der Waals surface area contributed by atoms with Crippen molar-refractivity contribution >= 4 is 74.1 Å². The van der Waals surface area contributed by atoms with Gasteiger partial charge in [0.25, 0.3) is 11.1 Å². The number of imide groups is 1. The number of amides is 2. The highest BCUT2D eigenvalue weighted by Gasteiger charge is 2.35. The first-order valence-electron chi connectivity index (χ1n) is 9.57. The van der Waals surface area contributed by atoms with Crippen LogP contribution in [0.3, 0.4) is 0 Å². The van der Waals surface area contributed by atoms with Crippen LogP contribution in [0.25, 0.3) is 6.08 Å². The molecule has 0 aromatic heterocycles. The van der Waals surface area contributed by atoms with E-state index in [1.807, 2.05) is 0 Å². The van der Waals surface area contributed by atoms with Crippen molar-refractivity contribution in [2.75, 3.05) is 0 Å². The van der Waals surface area contributed by atoms with E-state index in [1.165, 1.54) is 0 Å². The average Bonchev–Trinajstić information content (AvgIpc) is 3.04. The van der Waals surface area contributed by atoms with Gasteiger partial charge in [-0.25, -0.2) is 4.79 Å². The Balaban J connectivity index is 1.44. The van der Waals surface area contributed by atoms with Gasteiger partial charge >= 0.3 is 5.97 Å². The van der Waals surface area contributed by atoms with Crippen molar-refractivity contribution in [1.29, 1.82) is 0 Å². The van der Waals surface area contributed by atoms with Crippen LogP contribution < -0.4 is 4.74 Å². The number of benzene rings is 3. The molecule has 1 fully saturated rings. The molecular formula is C24H14BrCl2NO4S. The van der Waals surface area contributed by atoms with Gasteiger partial charge in [-0.3, -0.25) is 14.5 Å². The molecule has 1 aliphatic heterocycles. The molecule has 2 amide bonds. The molecule has 1 aliphatic rings. The van der Waals surface area contributed by atoms with E-state index in [9.17, 15) is 14.4 Å². The van der Waals surface area contributed by atoms with E-state index in [0.717, 1.165) is 21.1 Å². The van der Waals surface area contributed by atoms with Crippen molar-refractivity contribution in [3.05, 3.63) is 103 Å². The van der Waals surface area contributed by atoms with Crippen LogP contribution in [0.15, 0.2) is 76.1 Å².